The highest BCUT2D eigenvalue weighted by molar-refractivity contribution is 5.20. The van der Waals surface area contributed by atoms with Crippen molar-refractivity contribution in [2.45, 2.75) is 38.5 Å². The molecule has 18 heavy (non-hydrogen) atoms. The number of hydrogen-bond acceptors (Lipinski definition) is 0. The summed E-state index contributed by atoms with van der Waals surface area (Å²) in [5, 5.41) is 0. The molecule has 0 bridgehead atoms. The van der Waals surface area contributed by atoms with Crippen molar-refractivity contribution < 1.29 is 0 Å². The van der Waals surface area contributed by atoms with Gasteiger partial charge in [-0.3, -0.25) is 0 Å². The zero-order valence-electron chi connectivity index (χ0n) is 11.3. The van der Waals surface area contributed by atoms with E-state index in [0.717, 1.165) is 0 Å². The lowest BCUT2D eigenvalue weighted by Gasteiger charge is -2.16. The monoisotopic (exact) mass is 238 g/mol. The SMILES string of the molecule is CC(CCC(C)c1ccccc1)c1ccccc1. The molecule has 2 rings (SSSR count). The van der Waals surface area contributed by atoms with Crippen LogP contribution in [-0.2, 0) is 0 Å². The van der Waals surface area contributed by atoms with Gasteiger partial charge >= 0.3 is 0 Å². The van der Waals surface area contributed by atoms with E-state index in [1.807, 2.05) is 0 Å². The number of hydrogen-bond donors (Lipinski definition) is 0. The molecule has 0 aliphatic rings. The van der Waals surface area contributed by atoms with Crippen molar-refractivity contribution >= 4 is 0 Å². The molecule has 0 radical (unpaired) electrons. The van der Waals surface area contributed by atoms with E-state index in [-0.39, 0.29) is 0 Å². The third-order valence-electron chi connectivity index (χ3n) is 3.77. The van der Waals surface area contributed by atoms with Crippen LogP contribution in [0.5, 0.6) is 0 Å². The van der Waals surface area contributed by atoms with E-state index in [9.17, 15) is 0 Å². The summed E-state index contributed by atoms with van der Waals surface area (Å²) in [5.74, 6) is 1.30. The predicted molar refractivity (Wildman–Crippen MR) is 78.9 cm³/mol. The Morgan fingerprint density at radius 3 is 1.28 bits per heavy atom. The lowest BCUT2D eigenvalue weighted by Crippen LogP contribution is -1.98. The zero-order chi connectivity index (χ0) is 12.8. The standard InChI is InChI=1S/C18H22/c1-15(17-9-5-3-6-10-17)13-14-16(2)18-11-7-4-8-12-18/h3-12,15-16H,13-14H2,1-2H3. The van der Waals surface area contributed by atoms with Crippen molar-refractivity contribution in [2.75, 3.05) is 0 Å². The van der Waals surface area contributed by atoms with Crippen LogP contribution in [-0.4, -0.2) is 0 Å². The summed E-state index contributed by atoms with van der Waals surface area (Å²) >= 11 is 0. The van der Waals surface area contributed by atoms with Crippen molar-refractivity contribution in [3.63, 3.8) is 0 Å². The Hall–Kier alpha value is -1.56. The maximum Gasteiger partial charge on any atom is -0.0190 e. The normalized spacial score (nSPS) is 14.1. The first kappa shape index (κ1) is 12.9. The molecule has 2 unspecified atom stereocenters. The molecule has 0 spiro atoms. The van der Waals surface area contributed by atoms with Gasteiger partial charge in [-0.25, -0.2) is 0 Å². The molecule has 2 atom stereocenters. The summed E-state index contributed by atoms with van der Waals surface area (Å²) in [7, 11) is 0. The molecule has 0 heteroatoms. The first-order valence-electron chi connectivity index (χ1n) is 6.87. The molecule has 0 aliphatic heterocycles. The Kier molecular flexibility index (Phi) is 4.58. The van der Waals surface area contributed by atoms with Crippen LogP contribution in [0.3, 0.4) is 0 Å². The van der Waals surface area contributed by atoms with Gasteiger partial charge in [0, 0.05) is 0 Å². The van der Waals surface area contributed by atoms with Gasteiger partial charge in [0.2, 0.25) is 0 Å². The van der Waals surface area contributed by atoms with Crippen LogP contribution in [0.4, 0.5) is 0 Å². The van der Waals surface area contributed by atoms with Crippen LogP contribution in [0.2, 0.25) is 0 Å². The maximum absolute atomic E-state index is 2.33. The van der Waals surface area contributed by atoms with Crippen LogP contribution in [0.25, 0.3) is 0 Å². The van der Waals surface area contributed by atoms with Crippen LogP contribution in [0, 0.1) is 0 Å². The minimum Gasteiger partial charge on any atom is -0.0622 e. The van der Waals surface area contributed by atoms with Gasteiger partial charge in [0.25, 0.3) is 0 Å². The average molecular weight is 238 g/mol. The van der Waals surface area contributed by atoms with Gasteiger partial charge in [-0.15, -0.1) is 0 Å². The predicted octanol–water partition coefficient (Wildman–Crippen LogP) is 5.37. The van der Waals surface area contributed by atoms with Crippen molar-refractivity contribution in [3.8, 4) is 0 Å². The van der Waals surface area contributed by atoms with E-state index in [1.165, 1.54) is 24.0 Å². The fourth-order valence-corrected chi connectivity index (χ4v) is 2.40. The molecular weight excluding hydrogens is 216 g/mol. The summed E-state index contributed by atoms with van der Waals surface area (Å²) in [6.45, 7) is 4.65. The van der Waals surface area contributed by atoms with Crippen molar-refractivity contribution in [2.24, 2.45) is 0 Å². The minimum absolute atomic E-state index is 0.650. The molecule has 0 saturated carbocycles. The summed E-state index contributed by atoms with van der Waals surface area (Å²) in [6, 6.07) is 21.6. The highest BCUT2D eigenvalue weighted by Gasteiger charge is 2.09. The second-order valence-corrected chi connectivity index (χ2v) is 5.20. The molecule has 2 aromatic rings. The van der Waals surface area contributed by atoms with E-state index < -0.39 is 0 Å². The lowest BCUT2D eigenvalue weighted by molar-refractivity contribution is 0.574. The van der Waals surface area contributed by atoms with E-state index in [4.69, 9.17) is 0 Å². The third kappa shape index (κ3) is 3.46. The zero-order valence-corrected chi connectivity index (χ0v) is 11.3. The molecule has 0 N–H and O–H groups in total. The van der Waals surface area contributed by atoms with Crippen LogP contribution in [0.1, 0.15) is 49.7 Å². The Labute approximate surface area is 111 Å². The Morgan fingerprint density at radius 2 is 0.944 bits per heavy atom. The van der Waals surface area contributed by atoms with Crippen molar-refractivity contribution in [3.05, 3.63) is 71.8 Å². The number of rotatable bonds is 5. The van der Waals surface area contributed by atoms with Crippen molar-refractivity contribution in [1.82, 2.24) is 0 Å². The Morgan fingerprint density at radius 1 is 0.611 bits per heavy atom. The molecule has 0 aromatic heterocycles. The largest absolute Gasteiger partial charge is 0.0622 e. The summed E-state index contributed by atoms with van der Waals surface area (Å²) in [6.07, 6.45) is 2.50. The molecule has 0 amide bonds. The molecule has 0 saturated heterocycles. The smallest absolute Gasteiger partial charge is 0.0190 e. The van der Waals surface area contributed by atoms with Gasteiger partial charge in [-0.2, -0.15) is 0 Å². The van der Waals surface area contributed by atoms with Gasteiger partial charge < -0.3 is 0 Å². The van der Waals surface area contributed by atoms with Gasteiger partial charge in [-0.1, -0.05) is 74.5 Å². The molecule has 0 fully saturated rings. The third-order valence-corrected chi connectivity index (χ3v) is 3.77. The topological polar surface area (TPSA) is 0 Å². The van der Waals surface area contributed by atoms with Crippen LogP contribution >= 0.6 is 0 Å². The second kappa shape index (κ2) is 6.39. The molecule has 0 nitrogen and oxygen atoms in total. The highest BCUT2D eigenvalue weighted by atomic mass is 14.1. The molecule has 0 aliphatic carbocycles. The van der Waals surface area contributed by atoms with Gasteiger partial charge in [0.05, 0.1) is 0 Å². The quantitative estimate of drug-likeness (QED) is 0.656. The first-order valence-corrected chi connectivity index (χ1v) is 6.87. The fourth-order valence-electron chi connectivity index (χ4n) is 2.40. The minimum atomic E-state index is 0.650. The second-order valence-electron chi connectivity index (χ2n) is 5.20. The Bertz CT molecular complexity index is 398. The van der Waals surface area contributed by atoms with Gasteiger partial charge in [0.1, 0.15) is 0 Å². The van der Waals surface area contributed by atoms with Gasteiger partial charge in [-0.05, 0) is 35.8 Å². The van der Waals surface area contributed by atoms with E-state index >= 15 is 0 Å². The van der Waals surface area contributed by atoms with E-state index in [1.54, 1.807) is 0 Å². The molecule has 94 valence electrons. The van der Waals surface area contributed by atoms with Crippen LogP contribution < -0.4 is 0 Å². The van der Waals surface area contributed by atoms with Crippen LogP contribution in [0.15, 0.2) is 60.7 Å². The maximum atomic E-state index is 2.33. The fraction of sp³-hybridized carbons (Fsp3) is 0.333. The summed E-state index contributed by atoms with van der Waals surface area (Å²) in [5.41, 5.74) is 2.91. The molecular formula is C18H22. The number of benzene rings is 2. The first-order chi connectivity index (χ1) is 8.77. The summed E-state index contributed by atoms with van der Waals surface area (Å²) < 4.78 is 0. The van der Waals surface area contributed by atoms with E-state index in [0.29, 0.717) is 11.8 Å². The molecule has 0 heterocycles. The van der Waals surface area contributed by atoms with E-state index in [2.05, 4.69) is 74.5 Å². The average Bonchev–Trinajstić information content (AvgIpc) is 2.46. The highest BCUT2D eigenvalue weighted by Crippen LogP contribution is 2.27. The molecule has 2 aromatic carbocycles. The lowest BCUT2D eigenvalue weighted by atomic mass is 9.89. The van der Waals surface area contributed by atoms with Gasteiger partial charge in [0.15, 0.2) is 0 Å². The Balaban J connectivity index is 1.89. The summed E-state index contributed by atoms with van der Waals surface area (Å²) in [4.78, 5) is 0. The van der Waals surface area contributed by atoms with Crippen molar-refractivity contribution in [1.29, 1.82) is 0 Å².